The minimum absolute atomic E-state index is 0.495. The molecule has 0 aromatic rings. The maximum Gasteiger partial charge on any atom is 0.410 e. The zero-order valence-corrected chi connectivity index (χ0v) is 6.51. The molecule has 0 radical (unpaired) electrons. The molecule has 3 nitrogen and oxygen atoms in total. The van der Waals surface area contributed by atoms with Crippen LogP contribution in [0.1, 0.15) is 6.92 Å². The van der Waals surface area contributed by atoms with Gasteiger partial charge in [0.15, 0.2) is 3.77 Å². The van der Waals surface area contributed by atoms with Gasteiger partial charge < -0.3 is 10.5 Å². The maximum atomic E-state index is 9.92. The first-order valence-electron chi connectivity index (χ1n) is 1.96. The Kier molecular flexibility index (Phi) is 3.59. The van der Waals surface area contributed by atoms with Crippen LogP contribution in [0.5, 0.6) is 0 Å². The van der Waals surface area contributed by atoms with E-state index in [4.69, 9.17) is 0 Å². The van der Waals surface area contributed by atoms with Crippen molar-refractivity contribution in [1.82, 2.24) is 0 Å². The van der Waals surface area contributed by atoms with Crippen molar-refractivity contribution in [3.8, 4) is 0 Å². The summed E-state index contributed by atoms with van der Waals surface area (Å²) in [6, 6.07) is 0. The molecule has 1 amide bonds. The van der Waals surface area contributed by atoms with Gasteiger partial charge in [0.1, 0.15) is 0 Å². The highest BCUT2D eigenvalue weighted by Gasteiger charge is 1.92. The van der Waals surface area contributed by atoms with Gasteiger partial charge in [-0.25, -0.2) is 4.79 Å². The van der Waals surface area contributed by atoms with Gasteiger partial charge in [0.2, 0.25) is 0 Å². The van der Waals surface area contributed by atoms with E-state index in [0.717, 1.165) is 0 Å². The van der Waals surface area contributed by atoms with Gasteiger partial charge in [-0.15, -0.1) is 0 Å². The summed E-state index contributed by atoms with van der Waals surface area (Å²) in [5.74, 6) is 0. The number of hydrogen-bond acceptors (Lipinski definition) is 2. The molecule has 46 valence electrons. The molecule has 0 spiro atoms. The Morgan fingerprint density at radius 3 is 2.50 bits per heavy atom. The Morgan fingerprint density at radius 2 is 2.38 bits per heavy atom. The van der Waals surface area contributed by atoms with E-state index in [1.807, 2.05) is 22.6 Å². The molecule has 2 N–H and O–H groups in total. The summed E-state index contributed by atoms with van der Waals surface area (Å²) < 4.78 is 4.88. The smallest absolute Gasteiger partial charge is 0.404 e. The highest BCUT2D eigenvalue weighted by Crippen LogP contribution is 2.05. The van der Waals surface area contributed by atoms with E-state index >= 15 is 0 Å². The molecule has 0 atom stereocenters. The third-order valence-electron chi connectivity index (χ3n) is 0.425. The summed E-state index contributed by atoms with van der Waals surface area (Å²) in [6.07, 6.45) is 0.873. The second-order valence-corrected chi connectivity index (χ2v) is 2.08. The van der Waals surface area contributed by atoms with Gasteiger partial charge in [-0.2, -0.15) is 0 Å². The summed E-state index contributed by atoms with van der Waals surface area (Å²) in [5.41, 5.74) is 4.66. The van der Waals surface area contributed by atoms with Crippen LogP contribution < -0.4 is 5.73 Å². The minimum atomic E-state index is -0.771. The molecule has 0 bridgehead atoms. The van der Waals surface area contributed by atoms with Gasteiger partial charge in [-0.3, -0.25) is 0 Å². The second-order valence-electron chi connectivity index (χ2n) is 1.01. The number of allylic oxidation sites excluding steroid dienone is 1. The van der Waals surface area contributed by atoms with E-state index in [0.29, 0.717) is 3.77 Å². The molecule has 4 heteroatoms. The van der Waals surface area contributed by atoms with Gasteiger partial charge in [0.25, 0.3) is 0 Å². The second kappa shape index (κ2) is 3.71. The average Bonchev–Trinajstić information content (AvgIpc) is 1.65. The fourth-order valence-electron chi connectivity index (χ4n) is 0.155. The lowest BCUT2D eigenvalue weighted by Crippen LogP contribution is -2.10. The van der Waals surface area contributed by atoms with Crippen LogP contribution in [-0.4, -0.2) is 6.09 Å². The zero-order valence-electron chi connectivity index (χ0n) is 4.35. The Morgan fingerprint density at radius 1 is 1.88 bits per heavy atom. The normalized spacial score (nSPS) is 11.0. The predicted octanol–water partition coefficient (Wildman–Crippen LogP) is 1.38. The first-order valence-corrected chi connectivity index (χ1v) is 3.03. The molecular weight excluding hydrogens is 221 g/mol. The lowest BCUT2D eigenvalue weighted by Gasteiger charge is -1.93. The van der Waals surface area contributed by atoms with Crippen molar-refractivity contribution in [2.45, 2.75) is 6.92 Å². The Balaban J connectivity index is 3.56. The fraction of sp³-hybridized carbons (Fsp3) is 0.250. The summed E-state index contributed by atoms with van der Waals surface area (Å²) in [6.45, 7) is 1.75. The number of carbonyl (C=O) groups is 1. The van der Waals surface area contributed by atoms with Crippen molar-refractivity contribution in [2.75, 3.05) is 0 Å². The number of nitrogens with two attached hydrogens (primary N) is 1. The van der Waals surface area contributed by atoms with Crippen LogP contribution in [0.15, 0.2) is 9.84 Å². The van der Waals surface area contributed by atoms with E-state index in [-0.39, 0.29) is 0 Å². The van der Waals surface area contributed by atoms with Crippen LogP contribution in [0.25, 0.3) is 0 Å². The molecule has 0 aliphatic carbocycles. The molecule has 8 heavy (non-hydrogen) atoms. The quantitative estimate of drug-likeness (QED) is 0.543. The molecule has 0 unspecified atom stereocenters. The Hall–Kier alpha value is -0.260. The molecule has 0 aromatic heterocycles. The van der Waals surface area contributed by atoms with Gasteiger partial charge in [0.05, 0.1) is 0 Å². The topological polar surface area (TPSA) is 52.3 Å². The molecule has 0 fully saturated rings. The Bertz CT molecular complexity index is 121. The summed E-state index contributed by atoms with van der Waals surface area (Å²) in [4.78, 5) is 9.92. The highest BCUT2D eigenvalue weighted by atomic mass is 127. The highest BCUT2D eigenvalue weighted by molar-refractivity contribution is 14.1. The molecule has 0 aliphatic heterocycles. The minimum Gasteiger partial charge on any atom is -0.404 e. The average molecular weight is 227 g/mol. The molecule has 0 saturated carbocycles. The van der Waals surface area contributed by atoms with Crippen LogP contribution >= 0.6 is 22.6 Å². The molecular formula is C4H6INO2. The van der Waals surface area contributed by atoms with Crippen LogP contribution in [-0.2, 0) is 4.74 Å². The van der Waals surface area contributed by atoms with Gasteiger partial charge in [-0.1, -0.05) is 0 Å². The lowest BCUT2D eigenvalue weighted by molar-refractivity contribution is 0.195. The number of halogens is 1. The van der Waals surface area contributed by atoms with E-state index in [9.17, 15) is 4.79 Å². The third-order valence-corrected chi connectivity index (χ3v) is 1.27. The van der Waals surface area contributed by atoms with Crippen molar-refractivity contribution in [3.63, 3.8) is 0 Å². The van der Waals surface area contributed by atoms with Crippen LogP contribution in [0, 0.1) is 0 Å². The summed E-state index contributed by atoms with van der Waals surface area (Å²) >= 11 is 1.86. The summed E-state index contributed by atoms with van der Waals surface area (Å²) in [7, 11) is 0. The van der Waals surface area contributed by atoms with Crippen LogP contribution in [0.3, 0.4) is 0 Å². The van der Waals surface area contributed by atoms with Gasteiger partial charge >= 0.3 is 6.09 Å². The number of ether oxygens (including phenoxy) is 1. The number of carbonyl (C=O) groups excluding carboxylic acids is 1. The van der Waals surface area contributed by atoms with E-state index in [1.54, 1.807) is 13.0 Å². The van der Waals surface area contributed by atoms with E-state index in [1.165, 1.54) is 0 Å². The van der Waals surface area contributed by atoms with Gasteiger partial charge in [-0.05, 0) is 35.6 Å². The van der Waals surface area contributed by atoms with Crippen molar-refractivity contribution in [1.29, 1.82) is 0 Å². The molecule has 0 aromatic carbocycles. The monoisotopic (exact) mass is 227 g/mol. The van der Waals surface area contributed by atoms with Crippen LogP contribution in [0.2, 0.25) is 0 Å². The molecule has 0 rings (SSSR count). The number of rotatable bonds is 1. The first-order chi connectivity index (χ1) is 3.66. The molecule has 0 heterocycles. The predicted molar refractivity (Wildman–Crippen MR) is 38.4 cm³/mol. The SMILES string of the molecule is CC=C(I)OC(N)=O. The van der Waals surface area contributed by atoms with Crippen LogP contribution in [0.4, 0.5) is 4.79 Å². The molecule has 0 aliphatic rings. The zero-order chi connectivity index (χ0) is 6.57. The van der Waals surface area contributed by atoms with E-state index in [2.05, 4.69) is 10.5 Å². The first kappa shape index (κ1) is 7.74. The lowest BCUT2D eigenvalue weighted by atomic mass is 10.7. The number of primary amides is 1. The van der Waals surface area contributed by atoms with Crippen molar-refractivity contribution in [2.24, 2.45) is 5.73 Å². The standard InChI is InChI=1S/C4H6INO2/c1-2-3(5)8-4(6)7/h2H,1H3,(H2,6,7). The largest absolute Gasteiger partial charge is 0.410 e. The van der Waals surface area contributed by atoms with E-state index < -0.39 is 6.09 Å². The fourth-order valence-corrected chi connectivity index (χ4v) is 0.372. The van der Waals surface area contributed by atoms with Crippen molar-refractivity contribution in [3.05, 3.63) is 9.84 Å². The number of hydrogen-bond donors (Lipinski definition) is 1. The molecule has 0 saturated heterocycles. The van der Waals surface area contributed by atoms with Crippen molar-refractivity contribution >= 4 is 28.7 Å². The third kappa shape index (κ3) is 3.91. The van der Waals surface area contributed by atoms with Crippen molar-refractivity contribution < 1.29 is 9.53 Å². The Labute approximate surface area is 61.0 Å². The summed E-state index contributed by atoms with van der Waals surface area (Å²) in [5, 5.41) is 0. The van der Waals surface area contributed by atoms with Gasteiger partial charge in [0, 0.05) is 0 Å². The number of amides is 1. The maximum absolute atomic E-state index is 9.92.